The molecule has 0 saturated heterocycles. The van der Waals surface area contributed by atoms with Crippen molar-refractivity contribution in [1.29, 1.82) is 0 Å². The van der Waals surface area contributed by atoms with E-state index in [2.05, 4.69) is 74.6 Å². The molecule has 2 unspecified atom stereocenters. The van der Waals surface area contributed by atoms with Gasteiger partial charge in [0, 0.05) is 0 Å². The predicted molar refractivity (Wildman–Crippen MR) is 71.1 cm³/mol. The van der Waals surface area contributed by atoms with Crippen LogP contribution in [-0.4, -0.2) is 0 Å². The van der Waals surface area contributed by atoms with Gasteiger partial charge < -0.3 is 0 Å². The second-order valence-corrected chi connectivity index (χ2v) is 4.45. The van der Waals surface area contributed by atoms with Gasteiger partial charge in [-0.25, -0.2) is 0 Å². The molecular formula is C16H18. The molecule has 0 bridgehead atoms. The topological polar surface area (TPSA) is 0 Å². The Morgan fingerprint density at radius 1 is 0.688 bits per heavy atom. The fraction of sp³-hybridized carbons (Fsp3) is 0.250. The van der Waals surface area contributed by atoms with E-state index in [0.29, 0.717) is 11.8 Å². The Kier molecular flexibility index (Phi) is 3.40. The van der Waals surface area contributed by atoms with Gasteiger partial charge in [0.2, 0.25) is 0 Å². The van der Waals surface area contributed by atoms with Gasteiger partial charge >= 0.3 is 0 Å². The summed E-state index contributed by atoms with van der Waals surface area (Å²) >= 11 is 0. The van der Waals surface area contributed by atoms with Crippen LogP contribution in [0.3, 0.4) is 0 Å². The number of hydrogen-bond donors (Lipinski definition) is 0. The van der Waals surface area contributed by atoms with Crippen LogP contribution in [0.4, 0.5) is 0 Å². The predicted octanol–water partition coefficient (Wildman–Crippen LogP) is 4.36. The summed E-state index contributed by atoms with van der Waals surface area (Å²) in [4.78, 5) is 0. The van der Waals surface area contributed by atoms with E-state index in [9.17, 15) is 0 Å². The highest BCUT2D eigenvalue weighted by Crippen LogP contribution is 2.22. The molecule has 0 fully saturated rings. The monoisotopic (exact) mass is 210 g/mol. The third-order valence-corrected chi connectivity index (χ3v) is 2.82. The van der Waals surface area contributed by atoms with Crippen LogP contribution >= 0.6 is 0 Å². The van der Waals surface area contributed by atoms with Gasteiger partial charge in [0.05, 0.1) is 0 Å². The quantitative estimate of drug-likeness (QED) is 0.603. The molecule has 82 valence electrons. The van der Waals surface area contributed by atoms with E-state index in [1.165, 1.54) is 11.1 Å². The molecule has 0 N–H and O–H groups in total. The first kappa shape index (κ1) is 10.9. The first-order valence-corrected chi connectivity index (χ1v) is 5.89. The molecule has 0 spiro atoms. The summed E-state index contributed by atoms with van der Waals surface area (Å²) < 4.78 is 0. The van der Waals surface area contributed by atoms with Crippen LogP contribution in [0.15, 0.2) is 71.9 Å². The van der Waals surface area contributed by atoms with Crippen molar-refractivity contribution < 1.29 is 0 Å². The van der Waals surface area contributed by atoms with Crippen molar-refractivity contribution in [2.24, 2.45) is 11.8 Å². The van der Waals surface area contributed by atoms with E-state index >= 15 is 0 Å². The van der Waals surface area contributed by atoms with Crippen LogP contribution in [0.2, 0.25) is 0 Å². The summed E-state index contributed by atoms with van der Waals surface area (Å²) in [6.45, 7) is 4.43. The highest BCUT2D eigenvalue weighted by molar-refractivity contribution is 5.50. The van der Waals surface area contributed by atoms with Gasteiger partial charge in [-0.2, -0.15) is 0 Å². The molecule has 0 aliphatic heterocycles. The van der Waals surface area contributed by atoms with Crippen molar-refractivity contribution >= 4 is 0 Å². The van der Waals surface area contributed by atoms with E-state index in [0.717, 1.165) is 0 Å². The Balaban J connectivity index is 2.31. The number of allylic oxidation sites excluding steroid dienone is 12. The van der Waals surface area contributed by atoms with E-state index in [-0.39, 0.29) is 0 Å². The molecule has 0 nitrogen and oxygen atoms in total. The standard InChI is InChI=1S/C16H18/c1-13-7-3-5-9-15(11-13)16-10-6-4-8-14(2)12-16/h3-14H,1-2H3. The molecule has 0 heteroatoms. The Bertz CT molecular complexity index is 383. The minimum atomic E-state index is 0.505. The lowest BCUT2D eigenvalue weighted by Gasteiger charge is -2.06. The van der Waals surface area contributed by atoms with Gasteiger partial charge in [0.1, 0.15) is 0 Å². The van der Waals surface area contributed by atoms with Crippen molar-refractivity contribution in [2.75, 3.05) is 0 Å². The maximum atomic E-state index is 2.31. The lowest BCUT2D eigenvalue weighted by molar-refractivity contribution is 0.923. The van der Waals surface area contributed by atoms with Crippen molar-refractivity contribution in [3.63, 3.8) is 0 Å². The zero-order chi connectivity index (χ0) is 11.4. The van der Waals surface area contributed by atoms with Gasteiger partial charge in [-0.3, -0.25) is 0 Å². The lowest BCUT2D eigenvalue weighted by Crippen LogP contribution is -1.90. The molecule has 2 atom stereocenters. The lowest BCUT2D eigenvalue weighted by atomic mass is 9.98. The Morgan fingerprint density at radius 3 is 1.56 bits per heavy atom. The van der Waals surface area contributed by atoms with Crippen LogP contribution in [0.25, 0.3) is 0 Å². The highest BCUT2D eigenvalue weighted by atomic mass is 14.1. The van der Waals surface area contributed by atoms with Gasteiger partial charge in [-0.15, -0.1) is 0 Å². The normalized spacial score (nSPS) is 28.4. The largest absolute Gasteiger partial charge is 0.0779 e. The van der Waals surface area contributed by atoms with E-state index in [1.807, 2.05) is 0 Å². The maximum Gasteiger partial charge on any atom is -0.00696 e. The molecule has 2 rings (SSSR count). The third kappa shape index (κ3) is 2.73. The molecule has 0 saturated carbocycles. The smallest absolute Gasteiger partial charge is 0.00696 e. The minimum absolute atomic E-state index is 0.505. The Morgan fingerprint density at radius 2 is 1.12 bits per heavy atom. The zero-order valence-electron chi connectivity index (χ0n) is 9.93. The van der Waals surface area contributed by atoms with Gasteiger partial charge in [0.25, 0.3) is 0 Å². The van der Waals surface area contributed by atoms with Gasteiger partial charge in [-0.1, -0.05) is 74.6 Å². The summed E-state index contributed by atoms with van der Waals surface area (Å²) in [6, 6.07) is 0. The molecule has 0 aromatic carbocycles. The average Bonchev–Trinajstić information content (AvgIpc) is 2.58. The maximum absolute atomic E-state index is 2.31. The Hall–Kier alpha value is -1.56. The first-order valence-electron chi connectivity index (χ1n) is 5.89. The first-order chi connectivity index (χ1) is 7.75. The van der Waals surface area contributed by atoms with Crippen molar-refractivity contribution in [3.05, 3.63) is 71.9 Å². The molecule has 0 radical (unpaired) electrons. The third-order valence-electron chi connectivity index (χ3n) is 2.82. The molecule has 2 aliphatic carbocycles. The van der Waals surface area contributed by atoms with E-state index in [1.54, 1.807) is 0 Å². The molecular weight excluding hydrogens is 192 g/mol. The van der Waals surface area contributed by atoms with Crippen molar-refractivity contribution in [1.82, 2.24) is 0 Å². The molecule has 0 aromatic rings. The van der Waals surface area contributed by atoms with E-state index < -0.39 is 0 Å². The van der Waals surface area contributed by atoms with Crippen molar-refractivity contribution in [2.45, 2.75) is 13.8 Å². The highest BCUT2D eigenvalue weighted by Gasteiger charge is 2.05. The van der Waals surface area contributed by atoms with Crippen LogP contribution in [0.5, 0.6) is 0 Å². The number of hydrogen-bond acceptors (Lipinski definition) is 0. The van der Waals surface area contributed by atoms with Crippen LogP contribution in [0.1, 0.15) is 13.8 Å². The van der Waals surface area contributed by atoms with Crippen LogP contribution in [-0.2, 0) is 0 Å². The molecule has 0 amide bonds. The molecule has 0 aromatic heterocycles. The van der Waals surface area contributed by atoms with Crippen LogP contribution in [0, 0.1) is 11.8 Å². The fourth-order valence-electron chi connectivity index (χ4n) is 1.97. The second-order valence-electron chi connectivity index (χ2n) is 4.45. The zero-order valence-corrected chi connectivity index (χ0v) is 9.93. The van der Waals surface area contributed by atoms with Gasteiger partial charge in [0.15, 0.2) is 0 Å². The fourth-order valence-corrected chi connectivity index (χ4v) is 1.97. The SMILES string of the molecule is CC1C=CC=CC(C2=CC(C)C=CC=C2)=C1. The summed E-state index contributed by atoms with van der Waals surface area (Å²) in [5.74, 6) is 1.01. The molecule has 2 aliphatic rings. The van der Waals surface area contributed by atoms with Crippen LogP contribution < -0.4 is 0 Å². The van der Waals surface area contributed by atoms with E-state index in [4.69, 9.17) is 0 Å². The van der Waals surface area contributed by atoms with Gasteiger partial charge in [-0.05, 0) is 23.0 Å². The molecule has 0 heterocycles. The summed E-state index contributed by atoms with van der Waals surface area (Å²) in [5.41, 5.74) is 2.65. The minimum Gasteiger partial charge on any atom is -0.0779 e. The Labute approximate surface area is 98.1 Å². The number of rotatable bonds is 1. The summed E-state index contributed by atoms with van der Waals surface area (Å²) in [7, 11) is 0. The summed E-state index contributed by atoms with van der Waals surface area (Å²) in [6.07, 6.45) is 21.9. The summed E-state index contributed by atoms with van der Waals surface area (Å²) in [5, 5.41) is 0. The second kappa shape index (κ2) is 4.98. The van der Waals surface area contributed by atoms with Crippen molar-refractivity contribution in [3.8, 4) is 0 Å². The average molecular weight is 210 g/mol. The molecule has 16 heavy (non-hydrogen) atoms.